The van der Waals surface area contributed by atoms with Crippen molar-refractivity contribution in [2.75, 3.05) is 25.0 Å². The molecule has 1 heterocycles. The zero-order chi connectivity index (χ0) is 19.1. The normalized spacial score (nSPS) is 14.8. The molecule has 0 atom stereocenters. The van der Waals surface area contributed by atoms with E-state index in [4.69, 9.17) is 0 Å². The van der Waals surface area contributed by atoms with E-state index in [1.165, 1.54) is 5.56 Å². The summed E-state index contributed by atoms with van der Waals surface area (Å²) < 4.78 is 0. The van der Waals surface area contributed by atoms with Gasteiger partial charge >= 0.3 is 0 Å². The summed E-state index contributed by atoms with van der Waals surface area (Å²) in [6.07, 6.45) is 3.78. The summed E-state index contributed by atoms with van der Waals surface area (Å²) in [6, 6.07) is 18.0. The van der Waals surface area contributed by atoms with E-state index in [1.807, 2.05) is 29.2 Å². The van der Waals surface area contributed by atoms with Crippen LogP contribution in [0.25, 0.3) is 0 Å². The van der Waals surface area contributed by atoms with Gasteiger partial charge in [0.25, 0.3) is 0 Å². The SMILES string of the molecule is CC(=O)c1ccc(NCCC(=O)N2CCC(Cc3ccccc3)CC2)cc1. The van der Waals surface area contributed by atoms with Crippen molar-refractivity contribution in [1.29, 1.82) is 0 Å². The number of piperidine rings is 1. The topological polar surface area (TPSA) is 49.4 Å². The Labute approximate surface area is 161 Å². The summed E-state index contributed by atoms with van der Waals surface area (Å²) in [5.41, 5.74) is 3.03. The van der Waals surface area contributed by atoms with Gasteiger partial charge in [-0.25, -0.2) is 0 Å². The molecule has 1 N–H and O–H groups in total. The van der Waals surface area contributed by atoms with Crippen LogP contribution < -0.4 is 5.32 Å². The molecule has 0 aliphatic carbocycles. The number of rotatable bonds is 7. The third kappa shape index (κ3) is 5.68. The predicted molar refractivity (Wildman–Crippen MR) is 109 cm³/mol. The van der Waals surface area contributed by atoms with Gasteiger partial charge in [-0.1, -0.05) is 30.3 Å². The third-order valence-corrected chi connectivity index (χ3v) is 5.29. The van der Waals surface area contributed by atoms with Gasteiger partial charge < -0.3 is 10.2 Å². The van der Waals surface area contributed by atoms with Crippen LogP contribution in [0.15, 0.2) is 54.6 Å². The average Bonchev–Trinajstić information content (AvgIpc) is 2.69. The number of amides is 1. The van der Waals surface area contributed by atoms with Crippen LogP contribution >= 0.6 is 0 Å². The quantitative estimate of drug-likeness (QED) is 0.750. The number of likely N-dealkylation sites (tertiary alicyclic amines) is 1. The fraction of sp³-hybridized carbons (Fsp3) is 0.391. The fourth-order valence-corrected chi connectivity index (χ4v) is 3.63. The molecular formula is C23H28N2O2. The minimum Gasteiger partial charge on any atom is -0.385 e. The maximum absolute atomic E-state index is 12.4. The van der Waals surface area contributed by atoms with Crippen molar-refractivity contribution in [2.24, 2.45) is 5.92 Å². The van der Waals surface area contributed by atoms with Crippen molar-refractivity contribution >= 4 is 17.4 Å². The molecule has 4 heteroatoms. The Kier molecular flexibility index (Phi) is 6.64. The summed E-state index contributed by atoms with van der Waals surface area (Å²) in [4.78, 5) is 25.7. The van der Waals surface area contributed by atoms with Gasteiger partial charge in [-0.05, 0) is 61.9 Å². The Balaban J connectivity index is 1.37. The van der Waals surface area contributed by atoms with Crippen LogP contribution in [0, 0.1) is 5.92 Å². The summed E-state index contributed by atoms with van der Waals surface area (Å²) in [6.45, 7) is 3.90. The molecule has 2 aromatic rings. The van der Waals surface area contributed by atoms with Gasteiger partial charge in [-0.2, -0.15) is 0 Å². The number of nitrogens with one attached hydrogen (secondary N) is 1. The highest BCUT2D eigenvalue weighted by atomic mass is 16.2. The second kappa shape index (κ2) is 9.36. The molecular weight excluding hydrogens is 336 g/mol. The summed E-state index contributed by atoms with van der Waals surface area (Å²) in [5.74, 6) is 0.961. The smallest absolute Gasteiger partial charge is 0.224 e. The summed E-state index contributed by atoms with van der Waals surface area (Å²) >= 11 is 0. The largest absolute Gasteiger partial charge is 0.385 e. The number of carbonyl (C=O) groups excluding carboxylic acids is 2. The first-order chi connectivity index (χ1) is 13.1. The molecule has 0 aromatic heterocycles. The van der Waals surface area contributed by atoms with E-state index in [9.17, 15) is 9.59 Å². The highest BCUT2D eigenvalue weighted by molar-refractivity contribution is 5.94. The molecule has 0 bridgehead atoms. The van der Waals surface area contributed by atoms with Crippen molar-refractivity contribution in [3.8, 4) is 0 Å². The first-order valence-corrected chi connectivity index (χ1v) is 9.78. The lowest BCUT2D eigenvalue weighted by Gasteiger charge is -2.32. The number of benzene rings is 2. The first-order valence-electron chi connectivity index (χ1n) is 9.78. The van der Waals surface area contributed by atoms with Crippen LogP contribution in [0.3, 0.4) is 0 Å². The van der Waals surface area contributed by atoms with E-state index in [0.717, 1.165) is 38.0 Å². The lowest BCUT2D eigenvalue weighted by Crippen LogP contribution is -2.39. The van der Waals surface area contributed by atoms with Crippen molar-refractivity contribution < 1.29 is 9.59 Å². The van der Waals surface area contributed by atoms with Gasteiger partial charge in [-0.3, -0.25) is 9.59 Å². The maximum Gasteiger partial charge on any atom is 0.224 e. The van der Waals surface area contributed by atoms with Crippen LogP contribution in [0.5, 0.6) is 0 Å². The van der Waals surface area contributed by atoms with E-state index in [0.29, 0.717) is 24.4 Å². The maximum atomic E-state index is 12.4. The van der Waals surface area contributed by atoms with Crippen molar-refractivity contribution in [3.05, 3.63) is 65.7 Å². The van der Waals surface area contributed by atoms with Gasteiger partial charge in [0.2, 0.25) is 5.91 Å². The Bertz CT molecular complexity index is 748. The molecule has 3 rings (SSSR count). The zero-order valence-corrected chi connectivity index (χ0v) is 16.0. The minimum absolute atomic E-state index is 0.0624. The van der Waals surface area contributed by atoms with Crippen LogP contribution in [0.4, 0.5) is 5.69 Å². The van der Waals surface area contributed by atoms with E-state index in [-0.39, 0.29) is 11.7 Å². The highest BCUT2D eigenvalue weighted by Crippen LogP contribution is 2.22. The number of nitrogens with zero attached hydrogens (tertiary/aromatic N) is 1. The second-order valence-electron chi connectivity index (χ2n) is 7.32. The van der Waals surface area contributed by atoms with Gasteiger partial charge in [0.1, 0.15) is 0 Å². The molecule has 4 nitrogen and oxygen atoms in total. The fourth-order valence-electron chi connectivity index (χ4n) is 3.63. The Morgan fingerprint density at radius 1 is 1.00 bits per heavy atom. The monoisotopic (exact) mass is 364 g/mol. The number of hydrogen-bond donors (Lipinski definition) is 1. The van der Waals surface area contributed by atoms with E-state index in [2.05, 4.69) is 35.6 Å². The van der Waals surface area contributed by atoms with Crippen molar-refractivity contribution in [2.45, 2.75) is 32.6 Å². The Morgan fingerprint density at radius 3 is 2.30 bits per heavy atom. The molecule has 1 aliphatic rings. The molecule has 1 amide bonds. The van der Waals surface area contributed by atoms with E-state index < -0.39 is 0 Å². The second-order valence-corrected chi connectivity index (χ2v) is 7.32. The molecule has 0 saturated carbocycles. The average molecular weight is 364 g/mol. The number of hydrogen-bond acceptors (Lipinski definition) is 3. The van der Waals surface area contributed by atoms with Crippen LogP contribution in [-0.2, 0) is 11.2 Å². The lowest BCUT2D eigenvalue weighted by molar-refractivity contribution is -0.132. The van der Waals surface area contributed by atoms with Gasteiger partial charge in [0, 0.05) is 37.3 Å². The zero-order valence-electron chi connectivity index (χ0n) is 16.0. The molecule has 0 spiro atoms. The predicted octanol–water partition coefficient (Wildman–Crippen LogP) is 4.17. The number of carbonyl (C=O) groups is 2. The molecule has 1 aliphatic heterocycles. The molecule has 1 saturated heterocycles. The van der Waals surface area contributed by atoms with Gasteiger partial charge in [-0.15, -0.1) is 0 Å². The number of anilines is 1. The van der Waals surface area contributed by atoms with Gasteiger partial charge in [0.05, 0.1) is 0 Å². The molecule has 27 heavy (non-hydrogen) atoms. The highest BCUT2D eigenvalue weighted by Gasteiger charge is 2.22. The van der Waals surface area contributed by atoms with Gasteiger partial charge in [0.15, 0.2) is 5.78 Å². The van der Waals surface area contributed by atoms with Crippen molar-refractivity contribution in [3.63, 3.8) is 0 Å². The summed E-state index contributed by atoms with van der Waals surface area (Å²) in [5, 5.41) is 3.26. The Hall–Kier alpha value is -2.62. The van der Waals surface area contributed by atoms with Crippen LogP contribution in [0.1, 0.15) is 42.1 Å². The molecule has 0 radical (unpaired) electrons. The molecule has 0 unspecified atom stereocenters. The van der Waals surface area contributed by atoms with Crippen LogP contribution in [-0.4, -0.2) is 36.2 Å². The van der Waals surface area contributed by atoms with Crippen molar-refractivity contribution in [1.82, 2.24) is 4.90 Å². The van der Waals surface area contributed by atoms with E-state index in [1.54, 1.807) is 6.92 Å². The third-order valence-electron chi connectivity index (χ3n) is 5.29. The van der Waals surface area contributed by atoms with Crippen LogP contribution in [0.2, 0.25) is 0 Å². The Morgan fingerprint density at radius 2 is 1.67 bits per heavy atom. The summed E-state index contributed by atoms with van der Waals surface area (Å²) in [7, 11) is 0. The molecule has 142 valence electrons. The first kappa shape index (κ1) is 19.2. The van der Waals surface area contributed by atoms with E-state index >= 15 is 0 Å². The minimum atomic E-state index is 0.0624. The molecule has 1 fully saturated rings. The number of ketones is 1. The molecule has 2 aromatic carbocycles. The number of Topliss-reactive ketones (excluding diaryl/α,β-unsaturated/α-hetero) is 1. The standard InChI is InChI=1S/C23H28N2O2/c1-18(26)21-7-9-22(10-8-21)24-14-11-23(27)25-15-12-20(13-16-25)17-19-5-3-2-4-6-19/h2-10,20,24H,11-17H2,1H3. The lowest BCUT2D eigenvalue weighted by atomic mass is 9.90.